The number of aromatic nitrogens is 2. The Hall–Kier alpha value is -1.41. The summed E-state index contributed by atoms with van der Waals surface area (Å²) in [5, 5.41) is -0.00881. The summed E-state index contributed by atoms with van der Waals surface area (Å²) >= 11 is 0. The molecule has 0 aliphatic heterocycles. The average Bonchev–Trinajstić information content (AvgIpc) is 2.84. The highest BCUT2D eigenvalue weighted by Crippen LogP contribution is 2.05. The van der Waals surface area contributed by atoms with Gasteiger partial charge in [0.25, 0.3) is 10.0 Å². The van der Waals surface area contributed by atoms with Crippen LogP contribution in [0.1, 0.15) is 26.7 Å². The van der Waals surface area contributed by atoms with Gasteiger partial charge in [0.1, 0.15) is 0 Å². The molecule has 0 radical (unpaired) electrons. The van der Waals surface area contributed by atoms with Gasteiger partial charge in [-0.3, -0.25) is 4.79 Å². The molecule has 0 aromatic carbocycles. The normalized spacial score (nSPS) is 11.5. The molecule has 0 fully saturated rings. The van der Waals surface area contributed by atoms with Crippen molar-refractivity contribution in [2.75, 3.05) is 13.2 Å². The van der Waals surface area contributed by atoms with E-state index in [1.165, 1.54) is 12.5 Å². The van der Waals surface area contributed by atoms with E-state index in [1.807, 2.05) is 6.92 Å². The molecule has 0 aliphatic rings. The van der Waals surface area contributed by atoms with Gasteiger partial charge in [0.15, 0.2) is 5.03 Å². The maximum absolute atomic E-state index is 11.8. The van der Waals surface area contributed by atoms with Crippen LogP contribution in [0.3, 0.4) is 0 Å². The Bertz CT molecular complexity index is 510. The minimum absolute atomic E-state index is 0.00881. The molecule has 19 heavy (non-hydrogen) atoms. The first-order chi connectivity index (χ1) is 8.99. The van der Waals surface area contributed by atoms with Gasteiger partial charge >= 0.3 is 5.97 Å². The molecule has 0 saturated carbocycles. The second-order valence-electron chi connectivity index (χ2n) is 3.85. The topological polar surface area (TPSA) is 90.3 Å². The zero-order valence-corrected chi connectivity index (χ0v) is 11.9. The highest BCUT2D eigenvalue weighted by atomic mass is 32.2. The monoisotopic (exact) mass is 289 g/mol. The lowest BCUT2D eigenvalue weighted by Crippen LogP contribution is -2.25. The van der Waals surface area contributed by atoms with E-state index in [-0.39, 0.29) is 24.0 Å². The summed E-state index contributed by atoms with van der Waals surface area (Å²) in [5.74, 6) is -0.322. The van der Waals surface area contributed by atoms with Crippen molar-refractivity contribution >= 4 is 16.0 Å². The van der Waals surface area contributed by atoms with Crippen molar-refractivity contribution in [3.8, 4) is 0 Å². The summed E-state index contributed by atoms with van der Waals surface area (Å²) in [6, 6.07) is 0. The number of ether oxygens (including phenoxy) is 1. The van der Waals surface area contributed by atoms with Gasteiger partial charge in [0.05, 0.1) is 12.9 Å². The van der Waals surface area contributed by atoms with Crippen molar-refractivity contribution in [2.45, 2.75) is 38.3 Å². The number of hydrogen-bond donors (Lipinski definition) is 1. The molecule has 0 amide bonds. The first-order valence-corrected chi connectivity index (χ1v) is 7.65. The van der Waals surface area contributed by atoms with Crippen LogP contribution in [0.25, 0.3) is 0 Å². The van der Waals surface area contributed by atoms with Gasteiger partial charge < -0.3 is 9.30 Å². The summed E-state index contributed by atoms with van der Waals surface area (Å²) < 4.78 is 32.5. The van der Waals surface area contributed by atoms with Crippen LogP contribution in [0.4, 0.5) is 0 Å². The maximum Gasteiger partial charge on any atom is 0.305 e. The number of imidazole rings is 1. The van der Waals surface area contributed by atoms with Gasteiger partial charge in [0, 0.05) is 25.7 Å². The smallest absolute Gasteiger partial charge is 0.305 e. The number of nitrogens with one attached hydrogen (secondary N) is 1. The summed E-state index contributed by atoms with van der Waals surface area (Å²) in [6.45, 7) is 4.79. The van der Waals surface area contributed by atoms with E-state index >= 15 is 0 Å². The minimum atomic E-state index is -3.59. The summed E-state index contributed by atoms with van der Waals surface area (Å²) in [4.78, 5) is 14.9. The number of rotatable bonds is 8. The van der Waals surface area contributed by atoms with Gasteiger partial charge in [-0.15, -0.1) is 0 Å². The molecule has 108 valence electrons. The van der Waals surface area contributed by atoms with Gasteiger partial charge in [0.2, 0.25) is 0 Å². The van der Waals surface area contributed by atoms with Crippen LogP contribution in [-0.4, -0.2) is 37.1 Å². The molecule has 1 heterocycles. The van der Waals surface area contributed by atoms with Crippen molar-refractivity contribution in [3.05, 3.63) is 12.5 Å². The Labute approximate surface area is 113 Å². The van der Waals surface area contributed by atoms with Crippen LogP contribution in [0.15, 0.2) is 17.6 Å². The molecule has 0 spiro atoms. The number of esters is 1. The second-order valence-corrected chi connectivity index (χ2v) is 5.56. The van der Waals surface area contributed by atoms with Crippen LogP contribution in [-0.2, 0) is 26.1 Å². The third kappa shape index (κ3) is 4.99. The van der Waals surface area contributed by atoms with Crippen LogP contribution >= 0.6 is 0 Å². The third-order valence-corrected chi connectivity index (χ3v) is 3.75. The molecule has 1 N–H and O–H groups in total. The minimum Gasteiger partial charge on any atom is -0.466 e. The van der Waals surface area contributed by atoms with Crippen LogP contribution in [0, 0.1) is 0 Å². The van der Waals surface area contributed by atoms with Gasteiger partial charge in [-0.05, 0) is 20.3 Å². The predicted molar refractivity (Wildman–Crippen MR) is 69.0 cm³/mol. The van der Waals surface area contributed by atoms with E-state index in [0.29, 0.717) is 19.6 Å². The van der Waals surface area contributed by atoms with Crippen LogP contribution in [0.5, 0.6) is 0 Å². The standard InChI is InChI=1S/C11H19N3O4S/c1-3-14-8-10(12-9-14)19(16,17)13-7-5-6-11(15)18-4-2/h8-9,13H,3-7H2,1-2H3. The highest BCUT2D eigenvalue weighted by molar-refractivity contribution is 7.89. The molecular formula is C11H19N3O4S. The molecule has 1 aromatic rings. The number of aryl methyl sites for hydroxylation is 1. The number of carbonyl (C=O) groups excluding carboxylic acids is 1. The van der Waals surface area contributed by atoms with Gasteiger partial charge in [-0.25, -0.2) is 18.1 Å². The lowest BCUT2D eigenvalue weighted by molar-refractivity contribution is -0.143. The van der Waals surface area contributed by atoms with E-state index in [1.54, 1.807) is 11.5 Å². The predicted octanol–water partition coefficient (Wildman–Crippen LogP) is 0.525. The van der Waals surface area contributed by atoms with E-state index < -0.39 is 10.0 Å². The van der Waals surface area contributed by atoms with Crippen molar-refractivity contribution in [1.82, 2.24) is 14.3 Å². The summed E-state index contributed by atoms with van der Waals surface area (Å²) in [7, 11) is -3.59. The zero-order valence-electron chi connectivity index (χ0n) is 11.1. The van der Waals surface area contributed by atoms with Crippen molar-refractivity contribution < 1.29 is 17.9 Å². The molecule has 0 unspecified atom stereocenters. The molecule has 7 nitrogen and oxygen atoms in total. The molecule has 0 bridgehead atoms. The Morgan fingerprint density at radius 2 is 2.21 bits per heavy atom. The average molecular weight is 289 g/mol. The molecule has 1 aromatic heterocycles. The fraction of sp³-hybridized carbons (Fsp3) is 0.636. The fourth-order valence-corrected chi connectivity index (χ4v) is 2.42. The van der Waals surface area contributed by atoms with Crippen molar-refractivity contribution in [1.29, 1.82) is 0 Å². The molecule has 8 heteroatoms. The maximum atomic E-state index is 11.8. The highest BCUT2D eigenvalue weighted by Gasteiger charge is 2.16. The third-order valence-electron chi connectivity index (χ3n) is 2.41. The Balaban J connectivity index is 2.41. The van der Waals surface area contributed by atoms with Gasteiger partial charge in [-0.1, -0.05) is 0 Å². The second kappa shape index (κ2) is 7.25. The molecule has 1 rings (SSSR count). The first-order valence-electron chi connectivity index (χ1n) is 6.16. The quantitative estimate of drug-likeness (QED) is 0.556. The van der Waals surface area contributed by atoms with Crippen LogP contribution in [0.2, 0.25) is 0 Å². The summed E-state index contributed by atoms with van der Waals surface area (Å²) in [6.07, 6.45) is 3.52. The lowest BCUT2D eigenvalue weighted by atomic mass is 10.3. The summed E-state index contributed by atoms with van der Waals surface area (Å²) in [5.41, 5.74) is 0. The molecule has 0 atom stereocenters. The Morgan fingerprint density at radius 1 is 1.47 bits per heavy atom. The fourth-order valence-electron chi connectivity index (χ4n) is 1.40. The molecule has 0 aliphatic carbocycles. The Kier molecular flexibility index (Phi) is 5.97. The molecule has 0 saturated heterocycles. The van der Waals surface area contributed by atoms with E-state index in [2.05, 4.69) is 9.71 Å². The van der Waals surface area contributed by atoms with Crippen LogP contribution < -0.4 is 4.72 Å². The SMILES string of the molecule is CCOC(=O)CCCNS(=O)(=O)c1cn(CC)cn1. The van der Waals surface area contributed by atoms with E-state index in [0.717, 1.165) is 0 Å². The number of nitrogens with zero attached hydrogens (tertiary/aromatic N) is 2. The van der Waals surface area contributed by atoms with Gasteiger partial charge in [-0.2, -0.15) is 0 Å². The number of sulfonamides is 1. The van der Waals surface area contributed by atoms with E-state index in [9.17, 15) is 13.2 Å². The largest absolute Gasteiger partial charge is 0.466 e. The number of carbonyl (C=O) groups is 1. The van der Waals surface area contributed by atoms with Crippen molar-refractivity contribution in [2.24, 2.45) is 0 Å². The zero-order chi connectivity index (χ0) is 14.3. The first kappa shape index (κ1) is 15.6. The van der Waals surface area contributed by atoms with Crippen molar-refractivity contribution in [3.63, 3.8) is 0 Å². The Morgan fingerprint density at radius 3 is 2.79 bits per heavy atom. The lowest BCUT2D eigenvalue weighted by Gasteiger charge is -2.04. The van der Waals surface area contributed by atoms with E-state index in [4.69, 9.17) is 4.74 Å². The molecular weight excluding hydrogens is 270 g/mol. The number of hydrogen-bond acceptors (Lipinski definition) is 5.